The SMILES string of the molecule is CCOC(=O)C1(C(=O)NCCc2cccc(F)c2)CC1c1cc(OC)c(OC)c(OC)c1. The molecule has 0 bridgehead atoms. The van der Waals surface area contributed by atoms with Crippen LogP contribution in [0.1, 0.15) is 30.4 Å². The van der Waals surface area contributed by atoms with Crippen molar-refractivity contribution in [3.63, 3.8) is 0 Å². The van der Waals surface area contributed by atoms with Crippen molar-refractivity contribution in [2.45, 2.75) is 25.7 Å². The first-order valence-electron chi connectivity index (χ1n) is 10.4. The van der Waals surface area contributed by atoms with Crippen LogP contribution in [0.4, 0.5) is 4.39 Å². The van der Waals surface area contributed by atoms with Crippen LogP contribution in [0.2, 0.25) is 0 Å². The van der Waals surface area contributed by atoms with E-state index < -0.39 is 23.2 Å². The van der Waals surface area contributed by atoms with Crippen LogP contribution in [-0.4, -0.2) is 46.4 Å². The van der Waals surface area contributed by atoms with Gasteiger partial charge < -0.3 is 24.3 Å². The molecule has 8 heteroatoms. The Balaban J connectivity index is 1.82. The van der Waals surface area contributed by atoms with E-state index in [1.165, 1.54) is 33.5 Å². The standard InChI is InChI=1S/C24H28FNO6/c1-5-32-23(28)24(22(27)26-10-9-15-7-6-8-17(25)11-15)14-18(24)16-12-19(29-2)21(31-4)20(13-16)30-3/h6-8,11-13,18H,5,9-10,14H2,1-4H3,(H,26,27). The number of hydrogen-bond donors (Lipinski definition) is 1. The molecule has 2 atom stereocenters. The third kappa shape index (κ3) is 4.49. The summed E-state index contributed by atoms with van der Waals surface area (Å²) in [5.74, 6) is -0.393. The Labute approximate surface area is 186 Å². The highest BCUT2D eigenvalue weighted by Gasteiger charge is 2.67. The van der Waals surface area contributed by atoms with Crippen LogP contribution in [0, 0.1) is 11.2 Å². The smallest absolute Gasteiger partial charge is 0.322 e. The summed E-state index contributed by atoms with van der Waals surface area (Å²) in [7, 11) is 4.52. The number of hydrogen-bond acceptors (Lipinski definition) is 6. The van der Waals surface area contributed by atoms with Gasteiger partial charge in [0.1, 0.15) is 5.82 Å². The van der Waals surface area contributed by atoms with Crippen LogP contribution >= 0.6 is 0 Å². The molecule has 2 unspecified atom stereocenters. The monoisotopic (exact) mass is 445 g/mol. The van der Waals surface area contributed by atoms with Gasteiger partial charge in [-0.2, -0.15) is 0 Å². The summed E-state index contributed by atoms with van der Waals surface area (Å²) >= 11 is 0. The normalized spacial score (nSPS) is 19.1. The summed E-state index contributed by atoms with van der Waals surface area (Å²) in [6, 6.07) is 9.67. The van der Waals surface area contributed by atoms with Crippen molar-refractivity contribution >= 4 is 11.9 Å². The number of esters is 1. The van der Waals surface area contributed by atoms with Crippen molar-refractivity contribution in [2.75, 3.05) is 34.5 Å². The lowest BCUT2D eigenvalue weighted by atomic mass is 9.97. The van der Waals surface area contributed by atoms with E-state index in [1.807, 2.05) is 0 Å². The van der Waals surface area contributed by atoms with Crippen molar-refractivity contribution in [1.29, 1.82) is 0 Å². The molecule has 1 fully saturated rings. The van der Waals surface area contributed by atoms with E-state index in [-0.39, 0.29) is 19.0 Å². The molecular weight excluding hydrogens is 417 g/mol. The number of carbonyl (C=O) groups is 2. The number of methoxy groups -OCH3 is 3. The first-order valence-corrected chi connectivity index (χ1v) is 10.4. The summed E-state index contributed by atoms with van der Waals surface area (Å²) < 4.78 is 34.8. The average molecular weight is 445 g/mol. The van der Waals surface area contributed by atoms with Gasteiger partial charge in [-0.3, -0.25) is 9.59 Å². The van der Waals surface area contributed by atoms with Crippen molar-refractivity contribution in [1.82, 2.24) is 5.32 Å². The molecule has 7 nitrogen and oxygen atoms in total. The second-order valence-electron chi connectivity index (χ2n) is 7.54. The number of benzene rings is 2. The Morgan fingerprint density at radius 1 is 1.09 bits per heavy atom. The lowest BCUT2D eigenvalue weighted by Gasteiger charge is -2.18. The van der Waals surface area contributed by atoms with E-state index in [0.29, 0.717) is 35.7 Å². The summed E-state index contributed by atoms with van der Waals surface area (Å²) in [4.78, 5) is 26.0. The zero-order chi connectivity index (χ0) is 23.3. The third-order valence-corrected chi connectivity index (χ3v) is 5.68. The van der Waals surface area contributed by atoms with Gasteiger partial charge in [-0.15, -0.1) is 0 Å². The highest BCUT2D eigenvalue weighted by Crippen LogP contribution is 2.61. The fourth-order valence-electron chi connectivity index (χ4n) is 3.97. The minimum absolute atomic E-state index is 0.166. The maximum atomic E-state index is 13.4. The molecule has 3 rings (SSSR count). The van der Waals surface area contributed by atoms with Gasteiger partial charge in [-0.1, -0.05) is 12.1 Å². The molecule has 1 N–H and O–H groups in total. The Morgan fingerprint density at radius 2 is 1.78 bits per heavy atom. The first kappa shape index (κ1) is 23.4. The summed E-state index contributed by atoms with van der Waals surface area (Å²) in [5, 5.41) is 2.82. The van der Waals surface area contributed by atoms with Gasteiger partial charge in [-0.05, 0) is 55.2 Å². The number of ether oxygens (including phenoxy) is 4. The van der Waals surface area contributed by atoms with Gasteiger partial charge in [0, 0.05) is 12.5 Å². The molecule has 0 aromatic heterocycles. The zero-order valence-electron chi connectivity index (χ0n) is 18.7. The number of halogens is 1. The highest BCUT2D eigenvalue weighted by atomic mass is 19.1. The molecule has 32 heavy (non-hydrogen) atoms. The topological polar surface area (TPSA) is 83.1 Å². The zero-order valence-corrected chi connectivity index (χ0v) is 18.7. The quantitative estimate of drug-likeness (QED) is 0.447. The van der Waals surface area contributed by atoms with Gasteiger partial charge in [-0.25, -0.2) is 4.39 Å². The minimum Gasteiger partial charge on any atom is -0.493 e. The molecule has 2 aromatic carbocycles. The maximum Gasteiger partial charge on any atom is 0.322 e. The van der Waals surface area contributed by atoms with Gasteiger partial charge in [0.15, 0.2) is 16.9 Å². The molecule has 172 valence electrons. The second-order valence-corrected chi connectivity index (χ2v) is 7.54. The van der Waals surface area contributed by atoms with Crippen LogP contribution in [0.15, 0.2) is 36.4 Å². The molecule has 0 spiro atoms. The van der Waals surface area contributed by atoms with Crippen LogP contribution in [-0.2, 0) is 20.7 Å². The first-order chi connectivity index (χ1) is 15.4. The van der Waals surface area contributed by atoms with Gasteiger partial charge in [0.05, 0.1) is 27.9 Å². The van der Waals surface area contributed by atoms with E-state index in [1.54, 1.807) is 31.2 Å². The fourth-order valence-corrected chi connectivity index (χ4v) is 3.97. The average Bonchev–Trinajstić information content (AvgIpc) is 3.55. The van der Waals surface area contributed by atoms with E-state index in [2.05, 4.69) is 5.32 Å². The predicted molar refractivity (Wildman–Crippen MR) is 116 cm³/mol. The van der Waals surface area contributed by atoms with Crippen LogP contribution in [0.3, 0.4) is 0 Å². The molecule has 0 heterocycles. The molecule has 1 aliphatic rings. The van der Waals surface area contributed by atoms with E-state index >= 15 is 0 Å². The van der Waals surface area contributed by atoms with Crippen molar-refractivity contribution < 1.29 is 32.9 Å². The largest absolute Gasteiger partial charge is 0.493 e. The number of nitrogens with one attached hydrogen (secondary N) is 1. The van der Waals surface area contributed by atoms with E-state index in [0.717, 1.165) is 5.56 Å². The Hall–Kier alpha value is -3.29. The molecule has 2 aromatic rings. The Morgan fingerprint density at radius 3 is 2.34 bits per heavy atom. The van der Waals surface area contributed by atoms with E-state index in [4.69, 9.17) is 18.9 Å². The van der Waals surface area contributed by atoms with Gasteiger partial charge in [0.2, 0.25) is 11.7 Å². The van der Waals surface area contributed by atoms with Crippen molar-refractivity contribution in [2.24, 2.45) is 5.41 Å². The van der Waals surface area contributed by atoms with Gasteiger partial charge in [0.25, 0.3) is 0 Å². The molecule has 1 saturated carbocycles. The van der Waals surface area contributed by atoms with Crippen LogP contribution in [0.25, 0.3) is 0 Å². The lowest BCUT2D eigenvalue weighted by Crippen LogP contribution is -2.40. The summed E-state index contributed by atoms with van der Waals surface area (Å²) in [6.07, 6.45) is 0.744. The number of carbonyl (C=O) groups excluding carboxylic acids is 2. The fraction of sp³-hybridized carbons (Fsp3) is 0.417. The van der Waals surface area contributed by atoms with Gasteiger partial charge >= 0.3 is 5.97 Å². The van der Waals surface area contributed by atoms with E-state index in [9.17, 15) is 14.0 Å². The molecule has 0 radical (unpaired) electrons. The molecule has 1 aliphatic carbocycles. The van der Waals surface area contributed by atoms with Crippen molar-refractivity contribution in [3.05, 3.63) is 53.3 Å². The summed E-state index contributed by atoms with van der Waals surface area (Å²) in [5.41, 5.74) is 0.142. The summed E-state index contributed by atoms with van der Waals surface area (Å²) in [6.45, 7) is 2.13. The molecular formula is C24H28FNO6. The number of amides is 1. The molecule has 0 saturated heterocycles. The van der Waals surface area contributed by atoms with Crippen LogP contribution < -0.4 is 19.5 Å². The lowest BCUT2D eigenvalue weighted by molar-refractivity contribution is -0.154. The second kappa shape index (κ2) is 9.89. The predicted octanol–water partition coefficient (Wildman–Crippen LogP) is 3.25. The number of rotatable bonds is 10. The van der Waals surface area contributed by atoms with Crippen molar-refractivity contribution in [3.8, 4) is 17.2 Å². The molecule has 0 aliphatic heterocycles. The Kier molecular flexibility index (Phi) is 7.22. The molecule has 1 amide bonds. The minimum atomic E-state index is -1.33. The maximum absolute atomic E-state index is 13.4. The highest BCUT2D eigenvalue weighted by molar-refractivity contribution is 6.07. The Bertz CT molecular complexity index is 969. The third-order valence-electron chi connectivity index (χ3n) is 5.68. The van der Waals surface area contributed by atoms with Crippen LogP contribution in [0.5, 0.6) is 17.2 Å².